The fourth-order valence-corrected chi connectivity index (χ4v) is 7.65. The van der Waals surface area contributed by atoms with Gasteiger partial charge in [0.2, 0.25) is 0 Å². The highest BCUT2D eigenvalue weighted by molar-refractivity contribution is 7.85. The van der Waals surface area contributed by atoms with Gasteiger partial charge in [0, 0.05) is 12.8 Å². The maximum absolute atomic E-state index is 12.8. The van der Waals surface area contributed by atoms with Gasteiger partial charge in [-0.05, 0) is 38.5 Å². The summed E-state index contributed by atoms with van der Waals surface area (Å²) >= 11 is 0. The molecule has 1 aliphatic heterocycles. The van der Waals surface area contributed by atoms with Gasteiger partial charge in [-0.25, -0.2) is 0 Å². The lowest BCUT2D eigenvalue weighted by Gasteiger charge is -2.40. The number of rotatable bonds is 38. The molecule has 0 amide bonds. The zero-order valence-electron chi connectivity index (χ0n) is 36.2. The molecule has 0 aliphatic carbocycles. The van der Waals surface area contributed by atoms with Gasteiger partial charge in [0.1, 0.15) is 36.8 Å². The molecule has 13 heteroatoms. The van der Waals surface area contributed by atoms with Gasteiger partial charge in [0.15, 0.2) is 12.4 Å². The van der Waals surface area contributed by atoms with Crippen molar-refractivity contribution >= 4 is 22.1 Å². The maximum Gasteiger partial charge on any atom is 0.306 e. The van der Waals surface area contributed by atoms with Crippen LogP contribution in [-0.4, -0.2) is 96.0 Å². The van der Waals surface area contributed by atoms with Gasteiger partial charge >= 0.3 is 11.9 Å². The number of esters is 2. The Morgan fingerprint density at radius 2 is 1.02 bits per heavy atom. The van der Waals surface area contributed by atoms with Crippen molar-refractivity contribution in [3.05, 3.63) is 24.3 Å². The highest BCUT2D eigenvalue weighted by Crippen LogP contribution is 2.24. The number of carbonyl (C=O) groups is 2. The van der Waals surface area contributed by atoms with Crippen LogP contribution < -0.4 is 0 Å². The highest BCUT2D eigenvalue weighted by Gasteiger charge is 2.46. The minimum Gasteiger partial charge on any atom is -0.462 e. The number of aliphatic hydroxyl groups is 3. The molecule has 1 rings (SSSR count). The Bertz CT molecular complexity index is 1180. The van der Waals surface area contributed by atoms with E-state index >= 15 is 0 Å². The van der Waals surface area contributed by atoms with Crippen molar-refractivity contribution in [3.63, 3.8) is 0 Å². The van der Waals surface area contributed by atoms with Crippen molar-refractivity contribution in [2.24, 2.45) is 0 Å². The second-order valence-electron chi connectivity index (χ2n) is 16.1. The summed E-state index contributed by atoms with van der Waals surface area (Å²) in [4.78, 5) is 25.4. The third-order valence-electron chi connectivity index (χ3n) is 10.6. The van der Waals surface area contributed by atoms with E-state index in [1.807, 2.05) is 0 Å². The van der Waals surface area contributed by atoms with Gasteiger partial charge in [-0.3, -0.25) is 14.1 Å². The normalized spacial score (nSPS) is 20.6. The first-order valence-corrected chi connectivity index (χ1v) is 24.5. The minimum absolute atomic E-state index is 0.165. The monoisotopic (exact) mass is 847 g/mol. The van der Waals surface area contributed by atoms with Crippen molar-refractivity contribution in [1.82, 2.24) is 0 Å². The van der Waals surface area contributed by atoms with Crippen LogP contribution in [0.15, 0.2) is 24.3 Å². The third kappa shape index (κ3) is 30.2. The second-order valence-corrected chi connectivity index (χ2v) is 17.6. The molecule has 0 bridgehead atoms. The predicted molar refractivity (Wildman–Crippen MR) is 229 cm³/mol. The summed E-state index contributed by atoms with van der Waals surface area (Å²) in [6.07, 6.45) is 29.3. The van der Waals surface area contributed by atoms with Gasteiger partial charge in [-0.2, -0.15) is 8.42 Å². The van der Waals surface area contributed by atoms with Gasteiger partial charge in [-0.1, -0.05) is 167 Å². The molecule has 6 atom stereocenters. The number of carbonyl (C=O) groups excluding carboxylic acids is 2. The molecule has 4 N–H and O–H groups in total. The highest BCUT2D eigenvalue weighted by atomic mass is 32.2. The first kappa shape index (κ1) is 54.1. The van der Waals surface area contributed by atoms with E-state index in [-0.39, 0.29) is 19.4 Å². The molecule has 340 valence electrons. The van der Waals surface area contributed by atoms with E-state index < -0.39 is 71.2 Å². The van der Waals surface area contributed by atoms with Gasteiger partial charge < -0.3 is 34.3 Å². The molecule has 1 heterocycles. The van der Waals surface area contributed by atoms with Crippen LogP contribution >= 0.6 is 0 Å². The molecule has 0 radical (unpaired) electrons. The van der Waals surface area contributed by atoms with Crippen molar-refractivity contribution in [1.29, 1.82) is 0 Å². The van der Waals surface area contributed by atoms with Crippen LogP contribution in [0.5, 0.6) is 0 Å². The molecule has 0 aromatic heterocycles. The third-order valence-corrected chi connectivity index (χ3v) is 11.3. The molecule has 1 aliphatic rings. The van der Waals surface area contributed by atoms with Crippen molar-refractivity contribution < 1.29 is 56.8 Å². The van der Waals surface area contributed by atoms with Crippen LogP contribution in [0.4, 0.5) is 0 Å². The largest absolute Gasteiger partial charge is 0.462 e. The number of hydrogen-bond acceptors (Lipinski definition) is 11. The molecule has 1 fully saturated rings. The van der Waals surface area contributed by atoms with Crippen molar-refractivity contribution in [3.8, 4) is 0 Å². The van der Waals surface area contributed by atoms with Crippen LogP contribution in [0.1, 0.15) is 194 Å². The summed E-state index contributed by atoms with van der Waals surface area (Å²) in [5.41, 5.74) is 0. The molecular formula is C45H82O12S. The van der Waals surface area contributed by atoms with Crippen LogP contribution in [0.3, 0.4) is 0 Å². The first-order chi connectivity index (χ1) is 28.0. The van der Waals surface area contributed by atoms with E-state index in [0.29, 0.717) is 12.8 Å². The quantitative estimate of drug-likeness (QED) is 0.0200. The Labute approximate surface area is 351 Å². The zero-order valence-corrected chi connectivity index (χ0v) is 37.0. The van der Waals surface area contributed by atoms with Crippen LogP contribution in [-0.2, 0) is 38.7 Å². The SMILES string of the molecule is CCCCCC/C=C/C=C/CCCCCCCC(=O)OC[C@H](CO[C@H]1O[C@H](CS(=O)(=O)O)[C@@H](O)C(O)C1O)OC(=O)CCCCCCCCCCCCCCCCC. The molecule has 0 aromatic carbocycles. The summed E-state index contributed by atoms with van der Waals surface area (Å²) in [7, 11) is -4.60. The lowest BCUT2D eigenvalue weighted by atomic mass is 10.00. The number of aliphatic hydroxyl groups excluding tert-OH is 3. The van der Waals surface area contributed by atoms with E-state index in [1.165, 1.54) is 96.3 Å². The smallest absolute Gasteiger partial charge is 0.306 e. The predicted octanol–water partition coefficient (Wildman–Crippen LogP) is 9.23. The van der Waals surface area contributed by atoms with E-state index in [1.54, 1.807) is 0 Å². The van der Waals surface area contributed by atoms with E-state index in [9.17, 15) is 37.9 Å². The fraction of sp³-hybridized carbons (Fsp3) is 0.867. The summed E-state index contributed by atoms with van der Waals surface area (Å²) in [6, 6.07) is 0. The molecule has 0 saturated carbocycles. The molecule has 0 aromatic rings. The van der Waals surface area contributed by atoms with Crippen molar-refractivity contribution in [2.75, 3.05) is 19.0 Å². The molecular weight excluding hydrogens is 765 g/mol. The van der Waals surface area contributed by atoms with Gasteiger partial charge in [-0.15, -0.1) is 0 Å². The fourth-order valence-electron chi connectivity index (χ4n) is 6.96. The average molecular weight is 847 g/mol. The summed E-state index contributed by atoms with van der Waals surface area (Å²) in [6.45, 7) is 3.73. The maximum atomic E-state index is 12.8. The van der Waals surface area contributed by atoms with E-state index in [0.717, 1.165) is 57.8 Å². The average Bonchev–Trinajstić information content (AvgIpc) is 3.18. The standard InChI is InChI=1S/C45H82O12S/c1-3-5-7-9-11-13-15-17-19-21-23-25-27-29-31-33-40(46)54-35-38(36-55-45-44(50)43(49)42(48)39(57-45)37-58(51,52)53)56-41(47)34-32-30-28-26-24-22-20-18-16-14-12-10-8-6-4-2/h13,15,17,19,38-39,42-45,48-50H,3-12,14,16,18,20-37H2,1-2H3,(H,51,52,53)/b15-13+,19-17+/t38-,39-,42-,43?,44?,45+/m1/s1. The lowest BCUT2D eigenvalue weighted by molar-refractivity contribution is -0.297. The summed E-state index contributed by atoms with van der Waals surface area (Å²) < 4.78 is 54.0. The minimum atomic E-state index is -4.60. The molecule has 12 nitrogen and oxygen atoms in total. The summed E-state index contributed by atoms with van der Waals surface area (Å²) in [5.74, 6) is -1.99. The molecule has 0 spiro atoms. The van der Waals surface area contributed by atoms with Gasteiger partial charge in [0.05, 0.1) is 6.61 Å². The van der Waals surface area contributed by atoms with E-state index in [4.69, 9.17) is 18.9 Å². The Morgan fingerprint density at radius 3 is 1.50 bits per heavy atom. The Kier molecular flexibility index (Phi) is 33.5. The summed E-state index contributed by atoms with van der Waals surface area (Å²) in [5, 5.41) is 30.9. The molecule has 2 unspecified atom stereocenters. The van der Waals surface area contributed by atoms with E-state index in [2.05, 4.69) is 38.2 Å². The molecule has 58 heavy (non-hydrogen) atoms. The van der Waals surface area contributed by atoms with Crippen LogP contribution in [0.2, 0.25) is 0 Å². The Hall–Kier alpha value is -1.87. The Morgan fingerprint density at radius 1 is 0.586 bits per heavy atom. The first-order valence-electron chi connectivity index (χ1n) is 22.9. The number of hydrogen-bond donors (Lipinski definition) is 4. The van der Waals surface area contributed by atoms with Gasteiger partial charge in [0.25, 0.3) is 10.1 Å². The number of unbranched alkanes of at least 4 members (excludes halogenated alkanes) is 23. The Balaban J connectivity index is 2.45. The topological polar surface area (TPSA) is 186 Å². The number of ether oxygens (including phenoxy) is 4. The van der Waals surface area contributed by atoms with Crippen LogP contribution in [0, 0.1) is 0 Å². The molecule has 1 saturated heterocycles. The zero-order chi connectivity index (χ0) is 42.7. The second kappa shape index (κ2) is 35.8. The van der Waals surface area contributed by atoms with Crippen molar-refractivity contribution in [2.45, 2.75) is 230 Å². The lowest BCUT2D eigenvalue weighted by Crippen LogP contribution is -2.60. The number of allylic oxidation sites excluding steroid dienone is 4. The van der Waals surface area contributed by atoms with Crippen LogP contribution in [0.25, 0.3) is 0 Å².